The summed E-state index contributed by atoms with van der Waals surface area (Å²) in [6.07, 6.45) is 34.1. The van der Waals surface area contributed by atoms with Gasteiger partial charge in [0.2, 0.25) is 0 Å². The molecule has 1 aromatic carbocycles. The Hall–Kier alpha value is -0.530. The van der Waals surface area contributed by atoms with Gasteiger partial charge in [0, 0.05) is 0 Å². The Morgan fingerprint density at radius 3 is 0.921 bits per heavy atom. The van der Waals surface area contributed by atoms with E-state index in [2.05, 4.69) is 51.1 Å². The highest BCUT2D eigenvalue weighted by molar-refractivity contribution is 5.42. The number of halogens is 1. The predicted molar refractivity (Wildman–Crippen MR) is 171 cm³/mol. The first-order valence-electron chi connectivity index (χ1n) is 17.2. The first kappa shape index (κ1) is 37.5. The van der Waals surface area contributed by atoms with Gasteiger partial charge in [-0.05, 0) is 50.7 Å². The van der Waals surface area contributed by atoms with Crippen molar-refractivity contribution in [3.63, 3.8) is 0 Å². The lowest BCUT2D eigenvalue weighted by Crippen LogP contribution is -3.00. The molecule has 0 unspecified atom stereocenters. The first-order valence-corrected chi connectivity index (χ1v) is 17.2. The molecule has 0 aromatic heterocycles. The minimum absolute atomic E-state index is 0. The lowest BCUT2D eigenvalue weighted by Gasteiger charge is -2.39. The second kappa shape index (κ2) is 28.0. The number of para-hydroxylation sites is 1. The average molecular weight is 550 g/mol. The fourth-order valence-electron chi connectivity index (χ4n) is 6.11. The van der Waals surface area contributed by atoms with E-state index in [-0.39, 0.29) is 12.4 Å². The summed E-state index contributed by atoms with van der Waals surface area (Å²) in [5, 5.41) is 0. The Morgan fingerprint density at radius 1 is 0.368 bits per heavy atom. The maximum Gasteiger partial charge on any atom is 0.132 e. The molecule has 0 spiro atoms. The van der Waals surface area contributed by atoms with Gasteiger partial charge >= 0.3 is 0 Å². The molecule has 0 fully saturated rings. The van der Waals surface area contributed by atoms with Crippen molar-refractivity contribution in [3.05, 3.63) is 30.3 Å². The molecule has 1 rings (SSSR count). The number of quaternary nitrogens is 1. The minimum atomic E-state index is 0. The van der Waals surface area contributed by atoms with Gasteiger partial charge in [-0.3, -0.25) is 4.48 Å². The molecule has 0 radical (unpaired) electrons. The van der Waals surface area contributed by atoms with Crippen molar-refractivity contribution in [1.29, 1.82) is 0 Å². The number of benzene rings is 1. The number of hydrogen-bond donors (Lipinski definition) is 0. The topological polar surface area (TPSA) is 0 Å². The third kappa shape index (κ3) is 19.5. The van der Waals surface area contributed by atoms with Gasteiger partial charge in [0.15, 0.2) is 0 Å². The third-order valence-corrected chi connectivity index (χ3v) is 8.62. The van der Waals surface area contributed by atoms with E-state index >= 15 is 0 Å². The van der Waals surface area contributed by atoms with Crippen LogP contribution in [0.4, 0.5) is 5.69 Å². The zero-order valence-electron chi connectivity index (χ0n) is 26.3. The molecule has 0 aliphatic heterocycles. The minimum Gasteiger partial charge on any atom is -1.00 e. The van der Waals surface area contributed by atoms with E-state index in [1.807, 2.05) is 0 Å². The van der Waals surface area contributed by atoms with Crippen LogP contribution < -0.4 is 16.9 Å². The van der Waals surface area contributed by atoms with Crippen molar-refractivity contribution < 1.29 is 12.4 Å². The van der Waals surface area contributed by atoms with Gasteiger partial charge in [0.05, 0.1) is 19.6 Å². The number of unbranched alkanes of at least 4 members (excludes halogenated alkanes) is 21. The second-order valence-electron chi connectivity index (χ2n) is 12.1. The zero-order valence-corrected chi connectivity index (χ0v) is 27.1. The van der Waals surface area contributed by atoms with Crippen LogP contribution >= 0.6 is 0 Å². The third-order valence-electron chi connectivity index (χ3n) is 8.62. The van der Waals surface area contributed by atoms with Gasteiger partial charge in [0.25, 0.3) is 0 Å². The van der Waals surface area contributed by atoms with Crippen LogP contribution in [0.2, 0.25) is 0 Å². The van der Waals surface area contributed by atoms with E-state index in [0.717, 1.165) is 0 Å². The van der Waals surface area contributed by atoms with Crippen LogP contribution in [-0.4, -0.2) is 19.6 Å². The van der Waals surface area contributed by atoms with Crippen LogP contribution in [0.1, 0.15) is 175 Å². The summed E-state index contributed by atoms with van der Waals surface area (Å²) in [4.78, 5) is 0. The summed E-state index contributed by atoms with van der Waals surface area (Å²) in [7, 11) is 0. The van der Waals surface area contributed by atoms with Crippen molar-refractivity contribution in [2.24, 2.45) is 0 Å². The Labute approximate surface area is 247 Å². The van der Waals surface area contributed by atoms with Gasteiger partial charge in [-0.15, -0.1) is 0 Å². The highest BCUT2D eigenvalue weighted by atomic mass is 35.5. The zero-order chi connectivity index (χ0) is 26.7. The Morgan fingerprint density at radius 2 is 0.632 bits per heavy atom. The molecular weight excluding hydrogens is 482 g/mol. The summed E-state index contributed by atoms with van der Waals surface area (Å²) in [6, 6.07) is 11.7. The lowest BCUT2D eigenvalue weighted by atomic mass is 10.0. The maximum absolute atomic E-state index is 2.44. The van der Waals surface area contributed by atoms with E-state index in [1.54, 1.807) is 5.69 Å². The van der Waals surface area contributed by atoms with E-state index in [1.165, 1.54) is 178 Å². The van der Waals surface area contributed by atoms with E-state index in [4.69, 9.17) is 0 Å². The molecule has 0 saturated heterocycles. The molecule has 0 aliphatic carbocycles. The quantitative estimate of drug-likeness (QED) is 0.0721. The lowest BCUT2D eigenvalue weighted by molar-refractivity contribution is -0.00000816. The Bertz CT molecular complexity index is 522. The summed E-state index contributed by atoms with van der Waals surface area (Å²) < 4.78 is 1.25. The number of nitrogens with zero attached hydrogens (tertiary/aromatic N) is 1. The fourth-order valence-corrected chi connectivity index (χ4v) is 6.11. The summed E-state index contributed by atoms with van der Waals surface area (Å²) in [5.41, 5.74) is 1.59. The van der Waals surface area contributed by atoms with E-state index in [9.17, 15) is 0 Å². The molecule has 38 heavy (non-hydrogen) atoms. The monoisotopic (exact) mass is 550 g/mol. The van der Waals surface area contributed by atoms with Gasteiger partial charge in [-0.25, -0.2) is 0 Å². The van der Waals surface area contributed by atoms with E-state index < -0.39 is 0 Å². The molecule has 0 heterocycles. The number of hydrogen-bond acceptors (Lipinski definition) is 0. The molecule has 0 N–H and O–H groups in total. The standard InChI is InChI=1S/C36H68N.ClH/c1-4-7-10-13-16-19-22-28-33-37(36-31-26-25-27-32-36,34-29-23-20-17-14-11-8-5-2)35-30-24-21-18-15-12-9-6-3;/h25-27,31-32H,4-24,28-30,33-35H2,1-3H3;1H/q+1;/p-1. The molecule has 1 aromatic rings. The van der Waals surface area contributed by atoms with Crippen molar-refractivity contribution >= 4 is 5.69 Å². The van der Waals surface area contributed by atoms with Crippen molar-refractivity contribution in [3.8, 4) is 0 Å². The highest BCUT2D eigenvalue weighted by Gasteiger charge is 2.29. The van der Waals surface area contributed by atoms with Crippen LogP contribution in [0.3, 0.4) is 0 Å². The predicted octanol–water partition coefficient (Wildman–Crippen LogP) is 9.42. The summed E-state index contributed by atoms with van der Waals surface area (Å²) in [5.74, 6) is 0. The molecule has 2 heteroatoms. The second-order valence-corrected chi connectivity index (χ2v) is 12.1. The van der Waals surface area contributed by atoms with Gasteiger partial charge < -0.3 is 12.4 Å². The Balaban J connectivity index is 0.0000137. The molecule has 0 amide bonds. The number of rotatable bonds is 28. The maximum atomic E-state index is 2.44. The van der Waals surface area contributed by atoms with Crippen molar-refractivity contribution in [2.45, 2.75) is 175 Å². The SMILES string of the molecule is CCCCCCCCCC[N+](CCCCCCCCCC)(CCCCCCCCCC)c1ccccc1.[Cl-]. The van der Waals surface area contributed by atoms with Gasteiger partial charge in [-0.1, -0.05) is 155 Å². The van der Waals surface area contributed by atoms with Crippen LogP contribution in [0.5, 0.6) is 0 Å². The van der Waals surface area contributed by atoms with Gasteiger partial charge in [0.1, 0.15) is 5.69 Å². The van der Waals surface area contributed by atoms with E-state index in [0.29, 0.717) is 0 Å². The molecule has 1 nitrogen and oxygen atoms in total. The molecule has 0 bridgehead atoms. The highest BCUT2D eigenvalue weighted by Crippen LogP contribution is 2.27. The van der Waals surface area contributed by atoms with Crippen LogP contribution in [-0.2, 0) is 0 Å². The molecular formula is C36H68ClN. The fraction of sp³-hybridized carbons (Fsp3) is 0.833. The molecule has 0 aliphatic rings. The summed E-state index contributed by atoms with van der Waals surface area (Å²) in [6.45, 7) is 11.0. The Kier molecular flexibility index (Phi) is 27.6. The van der Waals surface area contributed by atoms with Crippen LogP contribution in [0.25, 0.3) is 0 Å². The van der Waals surface area contributed by atoms with Crippen molar-refractivity contribution in [1.82, 2.24) is 4.48 Å². The molecule has 0 atom stereocenters. The normalized spacial score (nSPS) is 11.6. The van der Waals surface area contributed by atoms with Crippen molar-refractivity contribution in [2.75, 3.05) is 19.6 Å². The van der Waals surface area contributed by atoms with Crippen LogP contribution in [0, 0.1) is 0 Å². The largest absolute Gasteiger partial charge is 1.00 e. The van der Waals surface area contributed by atoms with Crippen LogP contribution in [0.15, 0.2) is 30.3 Å². The molecule has 224 valence electrons. The average Bonchev–Trinajstić information content (AvgIpc) is 2.93. The summed E-state index contributed by atoms with van der Waals surface area (Å²) >= 11 is 0. The van der Waals surface area contributed by atoms with Gasteiger partial charge in [-0.2, -0.15) is 0 Å². The smallest absolute Gasteiger partial charge is 0.132 e. The molecule has 0 saturated carbocycles. The first-order chi connectivity index (χ1) is 18.3.